The molecule has 0 fully saturated rings. The van der Waals surface area contributed by atoms with Crippen LogP contribution in [0.3, 0.4) is 0 Å². The lowest BCUT2D eigenvalue weighted by atomic mass is 10.0. The maximum atomic E-state index is 14.8. The number of aromatic nitrogens is 2. The van der Waals surface area contributed by atoms with Gasteiger partial charge in [0.25, 0.3) is 0 Å². The molecule has 0 aliphatic rings. The molecule has 0 saturated heterocycles. The van der Waals surface area contributed by atoms with E-state index in [1.165, 1.54) is 23.5 Å². The van der Waals surface area contributed by atoms with Gasteiger partial charge in [-0.05, 0) is 162 Å². The molecule has 0 spiro atoms. The number of H-pyrrole nitrogens is 2. The third kappa shape index (κ3) is 39.0. The number of aliphatic imine (C=N–C) groups is 2. The monoisotopic (exact) mass is 1840 g/mol. The number of rotatable bonds is 63. The molecule has 0 bridgehead atoms. The number of thioether (sulfide) groups is 2. The molecule has 0 aliphatic heterocycles. The van der Waals surface area contributed by atoms with Crippen LogP contribution in [0.25, 0.3) is 21.8 Å². The number of aliphatic hydroxyl groups excluding tert-OH is 2. The molecule has 12 amide bonds. The number of fused-ring (bicyclic) bond motifs is 2. The van der Waals surface area contributed by atoms with Crippen molar-refractivity contribution in [3.05, 3.63) is 72.1 Å². The van der Waals surface area contributed by atoms with E-state index in [2.05, 4.69) is 83.8 Å². The summed E-state index contributed by atoms with van der Waals surface area (Å²) >= 11 is 2.66. The molecule has 702 valence electrons. The minimum atomic E-state index is -1.72. The number of amides is 12. The topological polar surface area (TPSA) is 729 Å². The van der Waals surface area contributed by atoms with Gasteiger partial charge in [-0.25, -0.2) is 9.59 Å². The van der Waals surface area contributed by atoms with Crippen molar-refractivity contribution in [3.63, 3.8) is 0 Å². The van der Waals surface area contributed by atoms with E-state index in [4.69, 9.17) is 45.9 Å². The number of nitrogens with one attached hydrogen (secondary N) is 14. The maximum Gasteiger partial charge on any atom is 0.326 e. The molecular formula is C80H130N24O18S4. The standard InChI is InChI=1S/C80H130N24O18S4/c1-43(2)33-59(71(113)97-57(77(119)120)21-11-13-27-81)99-67(109)53(23-15-29-89-79(85)86)93-69(111)55(25-31-123-5)95-73(115)61(35-45-37-91-51-19-9-7-17-47(45)51)101-75(117)63(39-105)103-65(107)49(83)41-125-126-42-50(84)66(108)104-64(40-106)76(118)102-62(36-46-38-92-52-20-10-8-18-48(46)52)74(116)96-56(26-32-124-6)70(112)94-54(24-16-30-90-80(87)88)68(110)100-60(34-44(3)4)72(114)98-58(78(121)122)22-12-14-28-82/h7-10,17-20,37-38,43-44,49-50,53-64,91-92,105-106H,11-16,21-36,39-42,81-84H2,1-6H3,(H,93,111)(H,94,112)(H,95,115)(H,96,116)(H,97,113)(H,98,114)(H,99,109)(H,100,110)(H,101,117)(H,102,118)(H,103,107)(H,104,108)(H,119,120)(H,121,122)(H4,85,86,89)(H4,87,88,90). The van der Waals surface area contributed by atoms with Crippen LogP contribution in [0.4, 0.5) is 0 Å². The molecule has 14 atom stereocenters. The van der Waals surface area contributed by atoms with Crippen LogP contribution in [0.1, 0.15) is 129 Å². The Morgan fingerprint density at radius 2 is 0.651 bits per heavy atom. The second-order valence-corrected chi connectivity index (χ2v) is 35.5. The van der Waals surface area contributed by atoms with Crippen molar-refractivity contribution < 1.29 is 87.5 Å². The van der Waals surface area contributed by atoms with Crippen LogP contribution < -0.4 is 110 Å². The SMILES string of the molecule is CSCCC(NC(=O)C(Cc1c[nH]c2ccccc12)NC(=O)C(CO)NC(=O)C(N)CSSCC(N)C(=O)NC(CO)C(=O)NC(Cc1c[nH]c2ccccc12)C(=O)NC(CCSC)C(=O)NC(CCCN=C(N)N)C(=O)NC(CC(C)C)C(=O)NC(CCCCN)C(=O)O)C(=O)NC(CCCN=C(N)N)C(=O)NC(CC(C)C)C(=O)NC(CCCCN)C(=O)O. The number of benzene rings is 2. The van der Waals surface area contributed by atoms with Crippen molar-refractivity contribution in [1.29, 1.82) is 0 Å². The molecule has 2 aromatic heterocycles. The number of carbonyl (C=O) groups is 14. The highest BCUT2D eigenvalue weighted by Gasteiger charge is 2.38. The Labute approximate surface area is 748 Å². The molecular weight excluding hydrogens is 1710 g/mol. The molecule has 0 saturated carbocycles. The zero-order chi connectivity index (χ0) is 93.5. The quantitative estimate of drug-likeness (QED) is 0.00879. The summed E-state index contributed by atoms with van der Waals surface area (Å²) in [6.45, 7) is 5.82. The van der Waals surface area contributed by atoms with Gasteiger partial charge in [-0.3, -0.25) is 67.5 Å². The number of nitrogens with two attached hydrogens (primary N) is 8. The van der Waals surface area contributed by atoms with Crippen LogP contribution in [-0.2, 0) is 80.0 Å². The van der Waals surface area contributed by atoms with E-state index < -0.39 is 181 Å². The van der Waals surface area contributed by atoms with Crippen LogP contribution in [0.15, 0.2) is 70.9 Å². The van der Waals surface area contributed by atoms with Crippen molar-refractivity contribution in [3.8, 4) is 0 Å². The molecule has 42 nitrogen and oxygen atoms in total. The summed E-state index contributed by atoms with van der Waals surface area (Å²) in [5.74, 6) is -13.8. The van der Waals surface area contributed by atoms with Crippen molar-refractivity contribution in [2.45, 2.75) is 215 Å². The number of carbonyl (C=O) groups excluding carboxylic acids is 12. The van der Waals surface area contributed by atoms with E-state index in [-0.39, 0.29) is 137 Å². The highest BCUT2D eigenvalue weighted by Crippen LogP contribution is 2.25. The van der Waals surface area contributed by atoms with Crippen LogP contribution in [0.5, 0.6) is 0 Å². The van der Waals surface area contributed by atoms with Crippen molar-refractivity contribution in [2.75, 3.05) is 74.9 Å². The molecule has 0 radical (unpaired) electrons. The number of guanidine groups is 2. The number of carboxylic acids is 2. The predicted octanol–water partition coefficient (Wildman–Crippen LogP) is -3.59. The number of aliphatic carboxylic acids is 2. The zero-order valence-electron chi connectivity index (χ0n) is 72.0. The van der Waals surface area contributed by atoms with E-state index >= 15 is 0 Å². The number of aliphatic hydroxyl groups is 2. The Bertz CT molecular complexity index is 3990. The zero-order valence-corrected chi connectivity index (χ0v) is 75.3. The second kappa shape index (κ2) is 58.2. The fourth-order valence-corrected chi connectivity index (χ4v) is 16.2. The number of unbranched alkanes of at least 4 members (excludes halogenated alkanes) is 2. The lowest BCUT2D eigenvalue weighted by Crippen LogP contribution is -2.60. The van der Waals surface area contributed by atoms with Crippen LogP contribution in [-0.4, -0.2) is 285 Å². The molecule has 0 aliphatic carbocycles. The second-order valence-electron chi connectivity index (χ2n) is 31.0. The van der Waals surface area contributed by atoms with Gasteiger partial charge in [-0.2, -0.15) is 23.5 Å². The van der Waals surface area contributed by atoms with Crippen molar-refractivity contribution >= 4 is 162 Å². The van der Waals surface area contributed by atoms with Crippen LogP contribution in [0, 0.1) is 11.8 Å². The smallest absolute Gasteiger partial charge is 0.326 e. The van der Waals surface area contributed by atoms with Gasteiger partial charge in [-0.15, -0.1) is 0 Å². The van der Waals surface area contributed by atoms with Crippen molar-refractivity contribution in [2.24, 2.45) is 67.7 Å². The highest BCUT2D eigenvalue weighted by molar-refractivity contribution is 8.76. The first-order valence-electron chi connectivity index (χ1n) is 41.7. The largest absolute Gasteiger partial charge is 0.480 e. The van der Waals surface area contributed by atoms with E-state index in [0.717, 1.165) is 21.6 Å². The van der Waals surface area contributed by atoms with Crippen LogP contribution in [0.2, 0.25) is 0 Å². The first-order chi connectivity index (χ1) is 60.0. The highest BCUT2D eigenvalue weighted by atomic mass is 33.1. The summed E-state index contributed by atoms with van der Waals surface area (Å²) in [6, 6.07) is -5.69. The molecule has 2 heterocycles. The minimum absolute atomic E-state index is 0.0150. The van der Waals surface area contributed by atoms with Gasteiger partial charge in [-0.1, -0.05) is 85.7 Å². The Morgan fingerprint density at radius 3 is 0.960 bits per heavy atom. The summed E-state index contributed by atoms with van der Waals surface area (Å²) in [4.78, 5) is 210. The molecule has 126 heavy (non-hydrogen) atoms. The Morgan fingerprint density at radius 1 is 0.373 bits per heavy atom. The summed E-state index contributed by atoms with van der Waals surface area (Å²) in [5, 5.41) is 73.8. The molecule has 14 unspecified atom stereocenters. The van der Waals surface area contributed by atoms with E-state index in [9.17, 15) is 87.5 Å². The number of hydrogen-bond donors (Lipinski definition) is 26. The summed E-state index contributed by atoms with van der Waals surface area (Å²) in [5.41, 5.74) is 48.6. The van der Waals surface area contributed by atoms with Gasteiger partial charge in [0.05, 0.1) is 25.3 Å². The summed E-state index contributed by atoms with van der Waals surface area (Å²) in [7, 11) is 1.96. The molecule has 46 heteroatoms. The number of aromatic amines is 2. The van der Waals surface area contributed by atoms with E-state index in [1.807, 2.05) is 0 Å². The fourth-order valence-electron chi connectivity index (χ4n) is 13.0. The van der Waals surface area contributed by atoms with Gasteiger partial charge in [0.1, 0.15) is 72.5 Å². The van der Waals surface area contributed by atoms with Gasteiger partial charge in [0.2, 0.25) is 70.9 Å². The first kappa shape index (κ1) is 108. The summed E-state index contributed by atoms with van der Waals surface area (Å²) < 4.78 is 0. The molecule has 4 rings (SSSR count). The number of para-hydroxylation sites is 2. The minimum Gasteiger partial charge on any atom is -0.480 e. The predicted molar refractivity (Wildman–Crippen MR) is 488 cm³/mol. The number of carboxylic acid groups (broad SMARTS) is 2. The lowest BCUT2D eigenvalue weighted by Gasteiger charge is -2.28. The lowest BCUT2D eigenvalue weighted by molar-refractivity contribution is -0.143. The fraction of sp³-hybridized carbons (Fsp3) is 0.600. The van der Waals surface area contributed by atoms with Gasteiger partial charge < -0.3 is 140 Å². The van der Waals surface area contributed by atoms with Gasteiger partial charge >= 0.3 is 11.9 Å². The Hall–Kier alpha value is -10.2. The first-order valence-corrected chi connectivity index (χ1v) is 46.9. The summed E-state index contributed by atoms with van der Waals surface area (Å²) in [6.07, 6.45) is 8.50. The normalized spacial score (nSPS) is 14.7. The Kier molecular flexibility index (Phi) is 50.0. The maximum absolute atomic E-state index is 14.8. The Balaban J connectivity index is 1.50. The third-order valence-electron chi connectivity index (χ3n) is 19.8. The third-order valence-corrected chi connectivity index (χ3v) is 23.6. The molecule has 34 N–H and O–H groups in total. The van der Waals surface area contributed by atoms with Crippen molar-refractivity contribution in [1.82, 2.24) is 73.8 Å². The number of hydrogen-bond acceptors (Lipinski definition) is 26. The van der Waals surface area contributed by atoms with E-state index in [1.54, 1.807) is 101 Å². The van der Waals surface area contributed by atoms with Crippen LogP contribution >= 0.6 is 45.1 Å². The van der Waals surface area contributed by atoms with Gasteiger partial charge in [0.15, 0.2) is 11.9 Å². The molecule has 2 aromatic carbocycles. The molecule has 4 aromatic rings. The van der Waals surface area contributed by atoms with E-state index in [0.29, 0.717) is 71.7 Å². The van der Waals surface area contributed by atoms with Gasteiger partial charge in [0, 0.05) is 71.6 Å². The average molecular weight is 1840 g/mol. The number of nitrogens with zero attached hydrogens (tertiary/aromatic N) is 2. The average Bonchev–Trinajstić information content (AvgIpc) is 1.67.